The van der Waals surface area contributed by atoms with Gasteiger partial charge in [-0.1, -0.05) is 23.7 Å². The maximum Gasteiger partial charge on any atom is 0.172 e. The normalized spacial score (nSPS) is 13.8. The van der Waals surface area contributed by atoms with Gasteiger partial charge in [0.1, 0.15) is 0 Å². The largest absolute Gasteiger partial charge is 0.372 e. The van der Waals surface area contributed by atoms with Crippen LogP contribution in [0.15, 0.2) is 36.5 Å². The predicted molar refractivity (Wildman–Crippen MR) is 105 cm³/mol. The number of thiocarbonyl (C=S) groups is 1. The first-order valence-corrected chi connectivity index (χ1v) is 8.91. The minimum Gasteiger partial charge on any atom is -0.372 e. The molecule has 0 atom stereocenters. The number of rotatable bonds is 4. The van der Waals surface area contributed by atoms with Gasteiger partial charge < -0.3 is 15.5 Å². The summed E-state index contributed by atoms with van der Waals surface area (Å²) in [6.07, 6.45) is 4.34. The summed E-state index contributed by atoms with van der Waals surface area (Å²) in [4.78, 5) is 6.68. The predicted octanol–water partition coefficient (Wildman–Crippen LogP) is 4.13. The minimum absolute atomic E-state index is 0.511. The summed E-state index contributed by atoms with van der Waals surface area (Å²) >= 11 is 11.5. The van der Waals surface area contributed by atoms with Gasteiger partial charge in [0.25, 0.3) is 0 Å². The summed E-state index contributed by atoms with van der Waals surface area (Å²) in [5.74, 6) is 0.573. The topological polar surface area (TPSA) is 40.2 Å². The van der Waals surface area contributed by atoms with Crippen molar-refractivity contribution in [3.05, 3.63) is 52.7 Å². The average molecular weight is 361 g/mol. The van der Waals surface area contributed by atoms with Gasteiger partial charge in [0, 0.05) is 31.5 Å². The van der Waals surface area contributed by atoms with Crippen LogP contribution in [-0.2, 0) is 6.54 Å². The van der Waals surface area contributed by atoms with Gasteiger partial charge in [-0.25, -0.2) is 4.98 Å². The maximum atomic E-state index is 6.15. The Hall–Kier alpha value is -1.85. The summed E-state index contributed by atoms with van der Waals surface area (Å²) in [6.45, 7) is 4.94. The van der Waals surface area contributed by atoms with Crippen LogP contribution < -0.4 is 15.5 Å². The van der Waals surface area contributed by atoms with E-state index in [0.29, 0.717) is 22.5 Å². The molecule has 1 aromatic carbocycles. The molecule has 4 nitrogen and oxygen atoms in total. The van der Waals surface area contributed by atoms with E-state index in [1.807, 2.05) is 13.0 Å². The van der Waals surface area contributed by atoms with Gasteiger partial charge in [-0.05, 0) is 61.3 Å². The van der Waals surface area contributed by atoms with Gasteiger partial charge in [0.05, 0.1) is 5.02 Å². The van der Waals surface area contributed by atoms with Crippen molar-refractivity contribution in [2.24, 2.45) is 0 Å². The molecule has 0 unspecified atom stereocenters. The molecule has 24 heavy (non-hydrogen) atoms. The zero-order valence-corrected chi connectivity index (χ0v) is 15.3. The van der Waals surface area contributed by atoms with Crippen LogP contribution in [0.5, 0.6) is 0 Å². The highest BCUT2D eigenvalue weighted by molar-refractivity contribution is 7.80. The highest BCUT2D eigenvalue weighted by Gasteiger charge is 2.11. The maximum absolute atomic E-state index is 6.15. The molecule has 126 valence electrons. The number of aryl methyl sites for hydroxylation is 1. The van der Waals surface area contributed by atoms with Crippen LogP contribution in [-0.4, -0.2) is 23.2 Å². The Morgan fingerprint density at radius 3 is 2.62 bits per heavy atom. The zero-order valence-electron chi connectivity index (χ0n) is 13.7. The van der Waals surface area contributed by atoms with Crippen molar-refractivity contribution < 1.29 is 0 Å². The van der Waals surface area contributed by atoms with Gasteiger partial charge >= 0.3 is 0 Å². The molecule has 0 amide bonds. The molecule has 1 saturated heterocycles. The van der Waals surface area contributed by atoms with E-state index in [4.69, 9.17) is 23.8 Å². The van der Waals surface area contributed by atoms with Crippen LogP contribution in [0.1, 0.15) is 24.0 Å². The SMILES string of the molecule is Cc1cnc(NC(=S)NCc2ccc(N3CCCC3)cc2)c(Cl)c1. The Balaban J connectivity index is 1.52. The van der Waals surface area contributed by atoms with Crippen LogP contribution in [0.25, 0.3) is 0 Å². The monoisotopic (exact) mass is 360 g/mol. The molecule has 2 heterocycles. The van der Waals surface area contributed by atoms with E-state index in [0.717, 1.165) is 18.7 Å². The number of halogens is 1. The van der Waals surface area contributed by atoms with Crippen LogP contribution in [0.4, 0.5) is 11.5 Å². The highest BCUT2D eigenvalue weighted by atomic mass is 35.5. The lowest BCUT2D eigenvalue weighted by Gasteiger charge is -2.18. The third-order valence-electron chi connectivity index (χ3n) is 4.07. The fourth-order valence-corrected chi connectivity index (χ4v) is 3.20. The van der Waals surface area contributed by atoms with Crippen LogP contribution in [0, 0.1) is 6.92 Å². The lowest BCUT2D eigenvalue weighted by molar-refractivity contribution is 0.920. The Kier molecular flexibility index (Phi) is 5.53. The molecule has 0 saturated carbocycles. The second kappa shape index (κ2) is 7.81. The fraction of sp³-hybridized carbons (Fsp3) is 0.333. The number of anilines is 2. The van der Waals surface area contributed by atoms with Crippen molar-refractivity contribution in [1.29, 1.82) is 0 Å². The molecule has 6 heteroatoms. The van der Waals surface area contributed by atoms with Crippen molar-refractivity contribution in [3.63, 3.8) is 0 Å². The van der Waals surface area contributed by atoms with Crippen LogP contribution in [0.2, 0.25) is 5.02 Å². The van der Waals surface area contributed by atoms with Crippen molar-refractivity contribution in [2.75, 3.05) is 23.3 Å². The molecule has 1 aromatic heterocycles. The molecule has 1 aliphatic heterocycles. The van der Waals surface area contributed by atoms with E-state index in [9.17, 15) is 0 Å². The first-order chi connectivity index (χ1) is 11.6. The van der Waals surface area contributed by atoms with Gasteiger partial charge in [-0.3, -0.25) is 0 Å². The summed E-state index contributed by atoms with van der Waals surface area (Å²) in [7, 11) is 0. The Morgan fingerprint density at radius 2 is 1.96 bits per heavy atom. The second-order valence-corrected chi connectivity index (χ2v) is 6.83. The lowest BCUT2D eigenvalue weighted by Crippen LogP contribution is -2.28. The molecule has 0 bridgehead atoms. The third-order valence-corrected chi connectivity index (χ3v) is 4.60. The molecular weight excluding hydrogens is 340 g/mol. The van der Waals surface area contributed by atoms with Gasteiger partial charge in [0.2, 0.25) is 0 Å². The van der Waals surface area contributed by atoms with Crippen molar-refractivity contribution >= 4 is 40.4 Å². The van der Waals surface area contributed by atoms with Crippen LogP contribution in [0.3, 0.4) is 0 Å². The standard InChI is InChI=1S/C18H21ClN4S/c1-13-10-16(19)17(20-11-13)22-18(24)21-12-14-4-6-15(7-5-14)23-8-2-3-9-23/h4-7,10-11H,2-3,8-9,12H2,1H3,(H2,20,21,22,24). The van der Waals surface area contributed by atoms with E-state index in [1.54, 1.807) is 6.20 Å². The molecule has 1 aliphatic rings. The quantitative estimate of drug-likeness (QED) is 0.802. The van der Waals surface area contributed by atoms with E-state index in [-0.39, 0.29) is 0 Å². The van der Waals surface area contributed by atoms with Crippen molar-refractivity contribution in [3.8, 4) is 0 Å². The molecule has 0 spiro atoms. The first kappa shape index (κ1) is 17.0. The molecule has 2 aromatic rings. The average Bonchev–Trinajstić information content (AvgIpc) is 3.11. The summed E-state index contributed by atoms with van der Waals surface area (Å²) in [6, 6.07) is 10.5. The Bertz CT molecular complexity index is 711. The summed E-state index contributed by atoms with van der Waals surface area (Å²) < 4.78 is 0. The van der Waals surface area contributed by atoms with E-state index >= 15 is 0 Å². The number of hydrogen-bond donors (Lipinski definition) is 2. The van der Waals surface area contributed by atoms with E-state index < -0.39 is 0 Å². The van der Waals surface area contributed by atoms with Gasteiger partial charge in [0.15, 0.2) is 10.9 Å². The first-order valence-electron chi connectivity index (χ1n) is 8.13. The van der Waals surface area contributed by atoms with E-state index in [2.05, 4.69) is 44.8 Å². The highest BCUT2D eigenvalue weighted by Crippen LogP contribution is 2.21. The molecule has 2 N–H and O–H groups in total. The molecule has 3 rings (SSSR count). The second-order valence-electron chi connectivity index (χ2n) is 6.01. The fourth-order valence-electron chi connectivity index (χ4n) is 2.76. The molecule has 0 aliphatic carbocycles. The number of nitrogens with one attached hydrogen (secondary N) is 2. The van der Waals surface area contributed by atoms with Gasteiger partial charge in [-0.15, -0.1) is 0 Å². The third kappa shape index (κ3) is 4.36. The van der Waals surface area contributed by atoms with Crippen molar-refractivity contribution in [1.82, 2.24) is 10.3 Å². The number of benzene rings is 1. The van der Waals surface area contributed by atoms with E-state index in [1.165, 1.54) is 24.1 Å². The smallest absolute Gasteiger partial charge is 0.172 e. The van der Waals surface area contributed by atoms with Crippen LogP contribution >= 0.6 is 23.8 Å². The molecule has 1 fully saturated rings. The molecular formula is C18H21ClN4S. The zero-order chi connectivity index (χ0) is 16.9. The Labute approximate surface area is 153 Å². The lowest BCUT2D eigenvalue weighted by atomic mass is 10.2. The number of aromatic nitrogens is 1. The Morgan fingerprint density at radius 1 is 1.25 bits per heavy atom. The summed E-state index contributed by atoms with van der Waals surface area (Å²) in [5.41, 5.74) is 3.50. The number of hydrogen-bond acceptors (Lipinski definition) is 3. The van der Waals surface area contributed by atoms with Crippen molar-refractivity contribution in [2.45, 2.75) is 26.3 Å². The number of nitrogens with zero attached hydrogens (tertiary/aromatic N) is 2. The van der Waals surface area contributed by atoms with Gasteiger partial charge in [-0.2, -0.15) is 0 Å². The summed E-state index contributed by atoms with van der Waals surface area (Å²) in [5, 5.41) is 7.29. The minimum atomic E-state index is 0.511. The number of pyridine rings is 1. The molecule has 0 radical (unpaired) electrons.